The van der Waals surface area contributed by atoms with Gasteiger partial charge in [0.15, 0.2) is 0 Å². The van der Waals surface area contributed by atoms with E-state index in [1.165, 1.54) is 0 Å². The Balaban J connectivity index is 1.85. The van der Waals surface area contributed by atoms with Gasteiger partial charge in [-0.15, -0.1) is 0 Å². The summed E-state index contributed by atoms with van der Waals surface area (Å²) in [7, 11) is 0. The minimum atomic E-state index is -0.187. The summed E-state index contributed by atoms with van der Waals surface area (Å²) in [6, 6.07) is 13.3. The molecule has 0 unspecified atom stereocenters. The number of aromatic amines is 1. The highest BCUT2D eigenvalue weighted by Crippen LogP contribution is 2.15. The maximum Gasteiger partial charge on any atom is 0.273 e. The van der Waals surface area contributed by atoms with E-state index < -0.39 is 0 Å². The van der Waals surface area contributed by atoms with E-state index >= 15 is 0 Å². The average Bonchev–Trinajstić information content (AvgIpc) is 2.85. The summed E-state index contributed by atoms with van der Waals surface area (Å²) in [6.45, 7) is 1.95. The van der Waals surface area contributed by atoms with Gasteiger partial charge in [-0.3, -0.25) is 4.79 Å². The fourth-order valence-corrected chi connectivity index (χ4v) is 1.92. The number of carbonyl (C=O) groups is 1. The summed E-state index contributed by atoms with van der Waals surface area (Å²) in [4.78, 5) is 19.3. The molecule has 0 aliphatic heterocycles. The second kappa shape index (κ2) is 4.57. The van der Waals surface area contributed by atoms with Crippen LogP contribution >= 0.6 is 0 Å². The summed E-state index contributed by atoms with van der Waals surface area (Å²) in [5, 5.41) is 3.78. The van der Waals surface area contributed by atoms with Crippen LogP contribution < -0.4 is 5.32 Å². The van der Waals surface area contributed by atoms with Crippen LogP contribution in [0.25, 0.3) is 10.9 Å². The molecule has 1 aromatic carbocycles. The third-order valence-electron chi connectivity index (χ3n) is 2.93. The van der Waals surface area contributed by atoms with Crippen molar-refractivity contribution in [1.29, 1.82) is 0 Å². The summed E-state index contributed by atoms with van der Waals surface area (Å²) >= 11 is 0. The number of carbonyl (C=O) groups excluding carboxylic acids is 1. The van der Waals surface area contributed by atoms with Gasteiger partial charge in [-0.25, -0.2) is 4.98 Å². The van der Waals surface area contributed by atoms with Gasteiger partial charge < -0.3 is 10.3 Å². The zero-order valence-electron chi connectivity index (χ0n) is 10.5. The molecule has 4 nitrogen and oxygen atoms in total. The van der Waals surface area contributed by atoms with Crippen LogP contribution in [0.15, 0.2) is 48.7 Å². The third-order valence-corrected chi connectivity index (χ3v) is 2.93. The lowest BCUT2D eigenvalue weighted by atomic mass is 10.2. The molecule has 19 heavy (non-hydrogen) atoms. The van der Waals surface area contributed by atoms with E-state index in [0.29, 0.717) is 11.5 Å². The highest BCUT2D eigenvalue weighted by Gasteiger charge is 2.09. The zero-order chi connectivity index (χ0) is 13.2. The number of anilines is 1. The van der Waals surface area contributed by atoms with Crippen molar-refractivity contribution in [3.63, 3.8) is 0 Å². The van der Waals surface area contributed by atoms with Gasteiger partial charge in [-0.05, 0) is 30.7 Å². The van der Waals surface area contributed by atoms with Crippen molar-refractivity contribution in [2.75, 3.05) is 5.32 Å². The van der Waals surface area contributed by atoms with Crippen LogP contribution in [-0.4, -0.2) is 15.9 Å². The topological polar surface area (TPSA) is 57.8 Å². The van der Waals surface area contributed by atoms with Crippen LogP contribution in [0.3, 0.4) is 0 Å². The summed E-state index contributed by atoms with van der Waals surface area (Å²) in [5.74, 6) is 0.363. The smallest absolute Gasteiger partial charge is 0.273 e. The molecule has 4 heteroatoms. The maximum atomic E-state index is 12.1. The summed E-state index contributed by atoms with van der Waals surface area (Å²) in [5.41, 5.74) is 2.54. The molecule has 0 aliphatic carbocycles. The highest BCUT2D eigenvalue weighted by atomic mass is 16.1. The number of pyridine rings is 1. The van der Waals surface area contributed by atoms with E-state index in [1.54, 1.807) is 12.3 Å². The quantitative estimate of drug-likeness (QED) is 0.735. The number of nitrogens with one attached hydrogen (secondary N) is 2. The van der Waals surface area contributed by atoms with Crippen molar-refractivity contribution in [2.45, 2.75) is 6.92 Å². The van der Waals surface area contributed by atoms with Crippen LogP contribution in [0, 0.1) is 6.92 Å². The molecule has 2 heterocycles. The maximum absolute atomic E-state index is 12.1. The van der Waals surface area contributed by atoms with E-state index in [-0.39, 0.29) is 5.91 Å². The minimum Gasteiger partial charge on any atom is -0.351 e. The zero-order valence-corrected chi connectivity index (χ0v) is 10.5. The van der Waals surface area contributed by atoms with E-state index in [9.17, 15) is 4.79 Å². The van der Waals surface area contributed by atoms with Crippen molar-refractivity contribution in [3.05, 3.63) is 59.9 Å². The Hall–Kier alpha value is -2.62. The number of aromatic nitrogens is 2. The first-order valence-corrected chi connectivity index (χ1v) is 6.04. The lowest BCUT2D eigenvalue weighted by Crippen LogP contribution is -2.13. The molecule has 94 valence electrons. The third kappa shape index (κ3) is 2.33. The van der Waals surface area contributed by atoms with Crippen molar-refractivity contribution in [3.8, 4) is 0 Å². The predicted molar refractivity (Wildman–Crippen MR) is 75.2 cm³/mol. The molecule has 0 bridgehead atoms. The van der Waals surface area contributed by atoms with Crippen molar-refractivity contribution < 1.29 is 4.79 Å². The number of nitrogens with zero attached hydrogens (tertiary/aromatic N) is 1. The molecule has 0 saturated carbocycles. The molecule has 1 amide bonds. The molecular weight excluding hydrogens is 238 g/mol. The number of amides is 1. The molecular formula is C15H13N3O. The summed E-state index contributed by atoms with van der Waals surface area (Å²) < 4.78 is 0. The van der Waals surface area contributed by atoms with E-state index in [4.69, 9.17) is 0 Å². The Labute approximate surface area is 110 Å². The number of hydrogen-bond acceptors (Lipinski definition) is 2. The number of H-pyrrole nitrogens is 1. The Bertz CT molecular complexity index is 695. The van der Waals surface area contributed by atoms with E-state index in [1.807, 2.05) is 43.3 Å². The molecule has 0 fully saturated rings. The monoisotopic (exact) mass is 251 g/mol. The molecule has 2 N–H and O–H groups in total. The largest absolute Gasteiger partial charge is 0.351 e. The number of para-hydroxylation sites is 1. The average molecular weight is 251 g/mol. The number of rotatable bonds is 2. The second-order valence-corrected chi connectivity index (χ2v) is 4.45. The Morgan fingerprint density at radius 1 is 1.21 bits per heavy atom. The second-order valence-electron chi connectivity index (χ2n) is 4.45. The molecule has 0 spiro atoms. The molecule has 0 saturated heterocycles. The van der Waals surface area contributed by atoms with E-state index in [0.717, 1.165) is 16.5 Å². The molecule has 0 radical (unpaired) electrons. The van der Waals surface area contributed by atoms with Crippen LogP contribution in [0.5, 0.6) is 0 Å². The Morgan fingerprint density at radius 3 is 2.79 bits per heavy atom. The molecule has 3 aromatic rings. The van der Waals surface area contributed by atoms with Crippen molar-refractivity contribution >= 4 is 22.6 Å². The van der Waals surface area contributed by atoms with E-state index in [2.05, 4.69) is 15.3 Å². The van der Waals surface area contributed by atoms with Gasteiger partial charge in [-0.2, -0.15) is 0 Å². The predicted octanol–water partition coefficient (Wildman–Crippen LogP) is 3.12. The number of hydrogen-bond donors (Lipinski definition) is 2. The van der Waals surface area contributed by atoms with Crippen molar-refractivity contribution in [2.24, 2.45) is 0 Å². The first kappa shape index (κ1) is 11.5. The van der Waals surface area contributed by atoms with Gasteiger partial charge in [0.25, 0.3) is 5.91 Å². The first-order chi connectivity index (χ1) is 9.22. The molecule has 3 rings (SSSR count). The standard InChI is InChI=1S/C15H13N3O/c1-10-6-7-14(16-9-10)18-15(19)13-8-11-4-2-3-5-12(11)17-13/h2-9,17H,1H3,(H,16,18,19). The first-order valence-electron chi connectivity index (χ1n) is 6.04. The van der Waals surface area contributed by atoms with Gasteiger partial charge in [0.1, 0.15) is 11.5 Å². The Morgan fingerprint density at radius 2 is 2.05 bits per heavy atom. The minimum absolute atomic E-state index is 0.187. The van der Waals surface area contributed by atoms with Crippen molar-refractivity contribution in [1.82, 2.24) is 9.97 Å². The lowest BCUT2D eigenvalue weighted by Gasteiger charge is -2.02. The molecule has 2 aromatic heterocycles. The van der Waals surface area contributed by atoms with Crippen LogP contribution in [0.4, 0.5) is 5.82 Å². The normalized spacial score (nSPS) is 10.6. The van der Waals surface area contributed by atoms with Gasteiger partial charge in [0.2, 0.25) is 0 Å². The fourth-order valence-electron chi connectivity index (χ4n) is 1.92. The highest BCUT2D eigenvalue weighted by molar-refractivity contribution is 6.05. The van der Waals surface area contributed by atoms with Crippen LogP contribution in [0.1, 0.15) is 16.1 Å². The Kier molecular flexibility index (Phi) is 2.76. The SMILES string of the molecule is Cc1ccc(NC(=O)c2cc3ccccc3[nH]2)nc1. The van der Waals surface area contributed by atoms with Gasteiger partial charge >= 0.3 is 0 Å². The summed E-state index contributed by atoms with van der Waals surface area (Å²) in [6.07, 6.45) is 1.72. The number of benzene rings is 1. The fraction of sp³-hybridized carbons (Fsp3) is 0.0667. The van der Waals surface area contributed by atoms with Crippen LogP contribution in [0.2, 0.25) is 0 Å². The molecule has 0 atom stereocenters. The lowest BCUT2D eigenvalue weighted by molar-refractivity contribution is 0.102. The number of aryl methyl sites for hydroxylation is 1. The van der Waals surface area contributed by atoms with Crippen LogP contribution in [-0.2, 0) is 0 Å². The van der Waals surface area contributed by atoms with Gasteiger partial charge in [0.05, 0.1) is 0 Å². The van der Waals surface area contributed by atoms with Gasteiger partial charge in [-0.1, -0.05) is 24.3 Å². The molecule has 0 aliphatic rings. The van der Waals surface area contributed by atoms with Gasteiger partial charge in [0, 0.05) is 17.1 Å². The number of fused-ring (bicyclic) bond motifs is 1.